The second kappa shape index (κ2) is 9.32. The summed E-state index contributed by atoms with van der Waals surface area (Å²) in [7, 11) is 0. The third-order valence-electron chi connectivity index (χ3n) is 4.18. The zero-order valence-electron chi connectivity index (χ0n) is 16.6. The van der Waals surface area contributed by atoms with Gasteiger partial charge in [0.2, 0.25) is 11.8 Å². The van der Waals surface area contributed by atoms with Crippen molar-refractivity contribution >= 4 is 27.7 Å². The lowest BCUT2D eigenvalue weighted by Gasteiger charge is -2.31. The SMILES string of the molecule is C[C@H](C(=O)NC(C)(C)C)N(Cc1cccc(Br)c1)C(=O)Cc1ccc(F)cc1. The minimum Gasteiger partial charge on any atom is -0.350 e. The normalized spacial score (nSPS) is 12.4. The number of nitrogens with zero attached hydrogens (tertiary/aromatic N) is 1. The molecule has 0 aliphatic rings. The van der Waals surface area contributed by atoms with Crippen LogP contribution in [0.1, 0.15) is 38.8 Å². The van der Waals surface area contributed by atoms with Gasteiger partial charge in [-0.3, -0.25) is 9.59 Å². The van der Waals surface area contributed by atoms with E-state index in [0.717, 1.165) is 10.0 Å². The number of rotatable bonds is 6. The molecule has 28 heavy (non-hydrogen) atoms. The molecule has 0 saturated carbocycles. The first kappa shape index (κ1) is 22.1. The van der Waals surface area contributed by atoms with E-state index in [1.807, 2.05) is 45.0 Å². The van der Waals surface area contributed by atoms with Crippen molar-refractivity contribution in [3.05, 3.63) is 69.9 Å². The van der Waals surface area contributed by atoms with Gasteiger partial charge in [-0.2, -0.15) is 0 Å². The molecule has 2 aromatic rings. The smallest absolute Gasteiger partial charge is 0.242 e. The van der Waals surface area contributed by atoms with Crippen LogP contribution in [0.5, 0.6) is 0 Å². The molecule has 2 amide bonds. The average Bonchev–Trinajstić information content (AvgIpc) is 2.59. The second-order valence-electron chi connectivity index (χ2n) is 7.87. The lowest BCUT2D eigenvalue weighted by molar-refractivity contribution is -0.140. The Balaban J connectivity index is 2.24. The molecule has 0 saturated heterocycles. The average molecular weight is 449 g/mol. The third kappa shape index (κ3) is 6.75. The number of carbonyl (C=O) groups is 2. The fraction of sp³-hybridized carbons (Fsp3) is 0.364. The van der Waals surface area contributed by atoms with E-state index < -0.39 is 11.6 Å². The maximum Gasteiger partial charge on any atom is 0.242 e. The highest BCUT2D eigenvalue weighted by atomic mass is 79.9. The van der Waals surface area contributed by atoms with Crippen LogP contribution >= 0.6 is 15.9 Å². The Bertz CT molecular complexity index is 831. The quantitative estimate of drug-likeness (QED) is 0.708. The van der Waals surface area contributed by atoms with E-state index in [0.29, 0.717) is 12.1 Å². The van der Waals surface area contributed by atoms with E-state index in [-0.39, 0.29) is 24.1 Å². The van der Waals surface area contributed by atoms with E-state index >= 15 is 0 Å². The molecule has 0 aliphatic carbocycles. The number of hydrogen-bond acceptors (Lipinski definition) is 2. The Morgan fingerprint density at radius 1 is 1.11 bits per heavy atom. The summed E-state index contributed by atoms with van der Waals surface area (Å²) in [5.74, 6) is -0.752. The number of nitrogens with one attached hydrogen (secondary N) is 1. The molecule has 0 fully saturated rings. The fourth-order valence-electron chi connectivity index (χ4n) is 2.77. The van der Waals surface area contributed by atoms with Crippen LogP contribution in [-0.4, -0.2) is 28.3 Å². The fourth-order valence-corrected chi connectivity index (χ4v) is 3.21. The van der Waals surface area contributed by atoms with Gasteiger partial charge >= 0.3 is 0 Å². The van der Waals surface area contributed by atoms with Crippen LogP contribution in [0.2, 0.25) is 0 Å². The molecule has 0 heterocycles. The van der Waals surface area contributed by atoms with E-state index in [2.05, 4.69) is 21.2 Å². The molecule has 150 valence electrons. The molecular weight excluding hydrogens is 423 g/mol. The van der Waals surface area contributed by atoms with Crippen molar-refractivity contribution in [2.24, 2.45) is 0 Å². The van der Waals surface area contributed by atoms with Crippen molar-refractivity contribution < 1.29 is 14.0 Å². The molecule has 6 heteroatoms. The summed E-state index contributed by atoms with van der Waals surface area (Å²) in [4.78, 5) is 27.3. The van der Waals surface area contributed by atoms with Crippen LogP contribution in [0.15, 0.2) is 53.0 Å². The van der Waals surface area contributed by atoms with Crippen LogP contribution in [0.4, 0.5) is 4.39 Å². The molecule has 0 bridgehead atoms. The summed E-state index contributed by atoms with van der Waals surface area (Å²) in [6.45, 7) is 7.73. The summed E-state index contributed by atoms with van der Waals surface area (Å²) in [6.07, 6.45) is 0.0986. The molecule has 0 radical (unpaired) electrons. The maximum absolute atomic E-state index is 13.1. The first-order valence-electron chi connectivity index (χ1n) is 9.15. The zero-order valence-corrected chi connectivity index (χ0v) is 18.2. The zero-order chi connectivity index (χ0) is 20.9. The monoisotopic (exact) mass is 448 g/mol. The Labute approximate surface area is 174 Å². The molecule has 2 rings (SSSR count). The highest BCUT2D eigenvalue weighted by molar-refractivity contribution is 9.10. The molecule has 0 aromatic heterocycles. The number of hydrogen-bond donors (Lipinski definition) is 1. The van der Waals surface area contributed by atoms with Gasteiger partial charge in [0.15, 0.2) is 0 Å². The molecular formula is C22H26BrFN2O2. The van der Waals surface area contributed by atoms with Crippen LogP contribution < -0.4 is 5.32 Å². The minimum absolute atomic E-state index is 0.0986. The lowest BCUT2D eigenvalue weighted by atomic mass is 10.1. The van der Waals surface area contributed by atoms with Crippen LogP contribution in [0.3, 0.4) is 0 Å². The van der Waals surface area contributed by atoms with Crippen molar-refractivity contribution in [2.75, 3.05) is 0 Å². The van der Waals surface area contributed by atoms with Gasteiger partial charge in [0.25, 0.3) is 0 Å². The molecule has 4 nitrogen and oxygen atoms in total. The summed E-state index contributed by atoms with van der Waals surface area (Å²) in [5.41, 5.74) is 1.22. The standard InChI is InChI=1S/C22H26BrFN2O2/c1-15(21(28)25-22(2,3)4)26(14-17-6-5-7-18(23)12-17)20(27)13-16-8-10-19(24)11-9-16/h5-12,15H,13-14H2,1-4H3,(H,25,28)/t15-/m1/s1. The van der Waals surface area contributed by atoms with Gasteiger partial charge in [-0.25, -0.2) is 4.39 Å². The predicted octanol–water partition coefficient (Wildman–Crippen LogP) is 4.46. The van der Waals surface area contributed by atoms with Crippen molar-refractivity contribution in [2.45, 2.75) is 52.2 Å². The number of halogens is 2. The summed E-state index contributed by atoms with van der Waals surface area (Å²) >= 11 is 3.44. The molecule has 1 atom stereocenters. The summed E-state index contributed by atoms with van der Waals surface area (Å²) < 4.78 is 14.1. The van der Waals surface area contributed by atoms with Crippen molar-refractivity contribution in [1.82, 2.24) is 10.2 Å². The Hall–Kier alpha value is -2.21. The van der Waals surface area contributed by atoms with Crippen LogP contribution in [-0.2, 0) is 22.6 Å². The first-order chi connectivity index (χ1) is 13.0. The Morgan fingerprint density at radius 2 is 1.75 bits per heavy atom. The largest absolute Gasteiger partial charge is 0.350 e. The van der Waals surface area contributed by atoms with Crippen molar-refractivity contribution in [3.8, 4) is 0 Å². The van der Waals surface area contributed by atoms with Gasteiger partial charge in [0, 0.05) is 16.6 Å². The number of benzene rings is 2. The molecule has 0 spiro atoms. The number of amides is 2. The third-order valence-corrected chi connectivity index (χ3v) is 4.67. The molecule has 0 aliphatic heterocycles. The van der Waals surface area contributed by atoms with Crippen LogP contribution in [0, 0.1) is 5.82 Å². The molecule has 2 aromatic carbocycles. The predicted molar refractivity (Wildman–Crippen MR) is 112 cm³/mol. The van der Waals surface area contributed by atoms with E-state index in [9.17, 15) is 14.0 Å². The molecule has 1 N–H and O–H groups in total. The van der Waals surface area contributed by atoms with Gasteiger partial charge in [0.05, 0.1) is 6.42 Å². The topological polar surface area (TPSA) is 49.4 Å². The first-order valence-corrected chi connectivity index (χ1v) is 9.95. The van der Waals surface area contributed by atoms with Gasteiger partial charge in [-0.15, -0.1) is 0 Å². The second-order valence-corrected chi connectivity index (χ2v) is 8.79. The Kier molecular flexibility index (Phi) is 7.35. The Morgan fingerprint density at radius 3 is 2.32 bits per heavy atom. The minimum atomic E-state index is -0.647. The van der Waals surface area contributed by atoms with Gasteiger partial charge in [-0.05, 0) is 63.1 Å². The van der Waals surface area contributed by atoms with Gasteiger partial charge in [-0.1, -0.05) is 40.2 Å². The van der Waals surface area contributed by atoms with E-state index in [4.69, 9.17) is 0 Å². The highest BCUT2D eigenvalue weighted by Crippen LogP contribution is 2.17. The van der Waals surface area contributed by atoms with Gasteiger partial charge < -0.3 is 10.2 Å². The van der Waals surface area contributed by atoms with Gasteiger partial charge in [0.1, 0.15) is 11.9 Å². The maximum atomic E-state index is 13.1. The van der Waals surface area contributed by atoms with Crippen LogP contribution in [0.25, 0.3) is 0 Å². The van der Waals surface area contributed by atoms with E-state index in [1.54, 1.807) is 24.0 Å². The highest BCUT2D eigenvalue weighted by Gasteiger charge is 2.28. The molecule has 0 unspecified atom stereocenters. The van der Waals surface area contributed by atoms with Crippen molar-refractivity contribution in [1.29, 1.82) is 0 Å². The van der Waals surface area contributed by atoms with Crippen molar-refractivity contribution in [3.63, 3.8) is 0 Å². The lowest BCUT2D eigenvalue weighted by Crippen LogP contribution is -2.52. The number of carbonyl (C=O) groups excluding carboxylic acids is 2. The summed E-state index contributed by atoms with van der Waals surface area (Å²) in [5, 5.41) is 2.93. The van der Waals surface area contributed by atoms with E-state index in [1.165, 1.54) is 12.1 Å². The summed E-state index contributed by atoms with van der Waals surface area (Å²) in [6, 6.07) is 12.8.